The SMILES string of the molecule is CSc1ccc(Oc2c(C)cc(F)cc2C)c(C(C)(C)C)c1. The number of thioether (sulfide) groups is 1. The molecule has 0 bridgehead atoms. The highest BCUT2D eigenvalue weighted by Crippen LogP contribution is 2.38. The maximum absolute atomic E-state index is 13.5. The number of hydrogen-bond donors (Lipinski definition) is 0. The van der Waals surface area contributed by atoms with Gasteiger partial charge < -0.3 is 4.74 Å². The largest absolute Gasteiger partial charge is 0.457 e. The fourth-order valence-electron chi connectivity index (χ4n) is 2.48. The zero-order valence-electron chi connectivity index (χ0n) is 14.1. The van der Waals surface area contributed by atoms with Gasteiger partial charge in [0.15, 0.2) is 0 Å². The summed E-state index contributed by atoms with van der Waals surface area (Å²) in [6.07, 6.45) is 2.07. The summed E-state index contributed by atoms with van der Waals surface area (Å²) in [6.45, 7) is 10.3. The second kappa shape index (κ2) is 6.33. The smallest absolute Gasteiger partial charge is 0.133 e. The topological polar surface area (TPSA) is 9.23 Å². The van der Waals surface area contributed by atoms with Crippen LogP contribution in [0.15, 0.2) is 35.2 Å². The van der Waals surface area contributed by atoms with Crippen molar-refractivity contribution in [2.45, 2.75) is 44.9 Å². The molecule has 0 spiro atoms. The van der Waals surface area contributed by atoms with Gasteiger partial charge in [0.2, 0.25) is 0 Å². The Labute approximate surface area is 136 Å². The summed E-state index contributed by atoms with van der Waals surface area (Å²) in [5.74, 6) is 1.35. The van der Waals surface area contributed by atoms with E-state index in [1.807, 2.05) is 19.9 Å². The third-order valence-corrected chi connectivity index (χ3v) is 4.36. The zero-order valence-corrected chi connectivity index (χ0v) is 14.9. The standard InChI is InChI=1S/C19H23FOS/c1-12-9-14(20)10-13(2)18(12)21-17-8-7-15(22-6)11-16(17)19(3,4)5/h7-11H,1-6H3. The Bertz CT molecular complexity index is 663. The maximum Gasteiger partial charge on any atom is 0.133 e. The zero-order chi connectivity index (χ0) is 16.5. The van der Waals surface area contributed by atoms with Gasteiger partial charge in [-0.25, -0.2) is 4.39 Å². The highest BCUT2D eigenvalue weighted by atomic mass is 32.2. The van der Waals surface area contributed by atoms with Gasteiger partial charge in [-0.3, -0.25) is 0 Å². The summed E-state index contributed by atoms with van der Waals surface area (Å²) < 4.78 is 19.6. The average Bonchev–Trinajstić information content (AvgIpc) is 2.41. The quantitative estimate of drug-likeness (QED) is 0.618. The summed E-state index contributed by atoms with van der Waals surface area (Å²) in [4.78, 5) is 1.21. The Kier molecular flexibility index (Phi) is 4.86. The fraction of sp³-hybridized carbons (Fsp3) is 0.368. The van der Waals surface area contributed by atoms with Gasteiger partial charge in [-0.1, -0.05) is 20.8 Å². The number of aryl methyl sites for hydroxylation is 2. The number of benzene rings is 2. The molecule has 0 saturated carbocycles. The van der Waals surface area contributed by atoms with Gasteiger partial charge in [0.1, 0.15) is 17.3 Å². The van der Waals surface area contributed by atoms with Crippen LogP contribution in [0.3, 0.4) is 0 Å². The molecule has 3 heteroatoms. The lowest BCUT2D eigenvalue weighted by Gasteiger charge is -2.24. The van der Waals surface area contributed by atoms with Crippen molar-refractivity contribution in [1.82, 2.24) is 0 Å². The predicted octanol–water partition coefficient (Wildman–Crippen LogP) is 6.25. The van der Waals surface area contributed by atoms with Gasteiger partial charge in [0.05, 0.1) is 0 Å². The van der Waals surface area contributed by atoms with Gasteiger partial charge >= 0.3 is 0 Å². The third kappa shape index (κ3) is 3.64. The molecule has 0 radical (unpaired) electrons. The van der Waals surface area contributed by atoms with E-state index < -0.39 is 0 Å². The first-order valence-corrected chi connectivity index (χ1v) is 8.58. The highest BCUT2D eigenvalue weighted by molar-refractivity contribution is 7.98. The van der Waals surface area contributed by atoms with Crippen LogP contribution in [0.25, 0.3) is 0 Å². The molecule has 0 aliphatic heterocycles. The average molecular weight is 318 g/mol. The number of halogens is 1. The monoisotopic (exact) mass is 318 g/mol. The molecule has 0 aromatic heterocycles. The van der Waals surface area contributed by atoms with Crippen molar-refractivity contribution in [1.29, 1.82) is 0 Å². The van der Waals surface area contributed by atoms with Crippen molar-refractivity contribution in [3.8, 4) is 11.5 Å². The molecule has 0 atom stereocenters. The van der Waals surface area contributed by atoms with Crippen LogP contribution in [-0.4, -0.2) is 6.26 Å². The second-order valence-corrected chi connectivity index (χ2v) is 7.46. The van der Waals surface area contributed by atoms with Crippen molar-refractivity contribution in [2.75, 3.05) is 6.26 Å². The van der Waals surface area contributed by atoms with E-state index in [9.17, 15) is 4.39 Å². The van der Waals surface area contributed by atoms with E-state index >= 15 is 0 Å². The van der Waals surface area contributed by atoms with Crippen LogP contribution in [0.4, 0.5) is 4.39 Å². The van der Waals surface area contributed by atoms with Crippen LogP contribution in [-0.2, 0) is 5.41 Å². The van der Waals surface area contributed by atoms with Crippen molar-refractivity contribution >= 4 is 11.8 Å². The molecule has 118 valence electrons. The van der Waals surface area contributed by atoms with E-state index in [2.05, 4.69) is 39.2 Å². The molecular formula is C19H23FOS. The first kappa shape index (κ1) is 16.9. The second-order valence-electron chi connectivity index (χ2n) is 6.58. The number of rotatable bonds is 3. The Hall–Kier alpha value is -1.48. The Morgan fingerprint density at radius 2 is 1.59 bits per heavy atom. The molecule has 0 heterocycles. The van der Waals surface area contributed by atoms with Crippen LogP contribution >= 0.6 is 11.8 Å². The van der Waals surface area contributed by atoms with E-state index in [-0.39, 0.29) is 11.2 Å². The van der Waals surface area contributed by atoms with E-state index in [1.165, 1.54) is 17.0 Å². The van der Waals surface area contributed by atoms with Crippen molar-refractivity contribution in [3.05, 3.63) is 52.8 Å². The Morgan fingerprint density at radius 1 is 1.00 bits per heavy atom. The van der Waals surface area contributed by atoms with Gasteiger partial charge in [-0.05, 0) is 67.0 Å². The number of ether oxygens (including phenoxy) is 1. The first-order chi connectivity index (χ1) is 10.2. The minimum absolute atomic E-state index is 0.0249. The molecule has 0 aliphatic carbocycles. The van der Waals surface area contributed by atoms with Crippen molar-refractivity contribution in [3.63, 3.8) is 0 Å². The van der Waals surface area contributed by atoms with Gasteiger partial charge in [-0.15, -0.1) is 11.8 Å². The van der Waals surface area contributed by atoms with Gasteiger partial charge in [0, 0.05) is 10.5 Å². The summed E-state index contributed by atoms with van der Waals surface area (Å²) in [5, 5.41) is 0. The van der Waals surface area contributed by atoms with E-state index in [0.29, 0.717) is 0 Å². The van der Waals surface area contributed by atoms with Gasteiger partial charge in [-0.2, -0.15) is 0 Å². The first-order valence-electron chi connectivity index (χ1n) is 7.35. The highest BCUT2D eigenvalue weighted by Gasteiger charge is 2.21. The number of hydrogen-bond acceptors (Lipinski definition) is 2. The minimum atomic E-state index is -0.226. The maximum atomic E-state index is 13.5. The minimum Gasteiger partial charge on any atom is -0.457 e. The lowest BCUT2D eigenvalue weighted by molar-refractivity contribution is 0.447. The van der Waals surface area contributed by atoms with Crippen LogP contribution in [0, 0.1) is 19.7 Å². The van der Waals surface area contributed by atoms with Crippen LogP contribution in [0.1, 0.15) is 37.5 Å². The lowest BCUT2D eigenvalue weighted by atomic mass is 9.86. The molecule has 0 saturated heterocycles. The van der Waals surface area contributed by atoms with E-state index in [4.69, 9.17) is 4.74 Å². The summed E-state index contributed by atoms with van der Waals surface area (Å²) >= 11 is 1.72. The molecule has 2 aromatic rings. The van der Waals surface area contributed by atoms with Crippen LogP contribution in [0.5, 0.6) is 11.5 Å². The van der Waals surface area contributed by atoms with Crippen LogP contribution in [0.2, 0.25) is 0 Å². The van der Waals surface area contributed by atoms with Crippen LogP contribution < -0.4 is 4.74 Å². The molecule has 2 rings (SSSR count). The predicted molar refractivity (Wildman–Crippen MR) is 92.9 cm³/mol. The lowest BCUT2D eigenvalue weighted by Crippen LogP contribution is -2.13. The Morgan fingerprint density at radius 3 is 2.09 bits per heavy atom. The molecule has 0 amide bonds. The summed E-state index contributed by atoms with van der Waals surface area (Å²) in [5.41, 5.74) is 2.75. The molecular weight excluding hydrogens is 295 g/mol. The third-order valence-electron chi connectivity index (χ3n) is 3.63. The molecule has 2 aromatic carbocycles. The van der Waals surface area contributed by atoms with Crippen molar-refractivity contribution in [2.24, 2.45) is 0 Å². The molecule has 0 N–H and O–H groups in total. The molecule has 22 heavy (non-hydrogen) atoms. The van der Waals surface area contributed by atoms with Crippen molar-refractivity contribution < 1.29 is 9.13 Å². The molecule has 0 unspecified atom stereocenters. The molecule has 1 nitrogen and oxygen atoms in total. The van der Waals surface area contributed by atoms with Gasteiger partial charge in [0.25, 0.3) is 0 Å². The summed E-state index contributed by atoms with van der Waals surface area (Å²) in [6, 6.07) is 9.26. The molecule has 0 aliphatic rings. The van der Waals surface area contributed by atoms with E-state index in [1.54, 1.807) is 11.8 Å². The normalized spacial score (nSPS) is 11.6. The summed E-state index contributed by atoms with van der Waals surface area (Å²) in [7, 11) is 0. The molecule has 0 fully saturated rings. The fourth-order valence-corrected chi connectivity index (χ4v) is 2.92. The van der Waals surface area contributed by atoms with E-state index in [0.717, 1.165) is 28.2 Å². The Balaban J connectivity index is 2.50.